The quantitative estimate of drug-likeness (QED) is 0.202. The van der Waals surface area contributed by atoms with Crippen molar-refractivity contribution in [3.63, 3.8) is 0 Å². The average Bonchev–Trinajstić information content (AvgIpc) is 2.46. The summed E-state index contributed by atoms with van der Waals surface area (Å²) in [5.74, 6) is -0.340. The Morgan fingerprint density at radius 3 is 1.23 bits per heavy atom. The molecule has 0 amide bonds. The molecule has 0 aliphatic heterocycles. The van der Waals surface area contributed by atoms with Crippen molar-refractivity contribution in [3.05, 3.63) is 0 Å². The van der Waals surface area contributed by atoms with Crippen LogP contribution in [0.2, 0.25) is 51.4 Å². The molecule has 26 heavy (non-hydrogen) atoms. The van der Waals surface area contributed by atoms with E-state index in [1.165, 1.54) is 14.2 Å². The molecule has 0 heterocycles. The van der Waals surface area contributed by atoms with E-state index in [4.69, 9.17) is 18.1 Å². The standard InChI is InChI=1S/C15H38O6P2Si2.H2O/c1-18-22(16,20-11-9-13-24(3,4)5)15-23(17,19-2)21-12-10-14-25(6,7)8;/h9-15H2,1-8H3;1H2. The topological polar surface area (TPSA) is 103 Å². The molecule has 0 saturated heterocycles. The first kappa shape index (κ1) is 28.9. The summed E-state index contributed by atoms with van der Waals surface area (Å²) in [7, 11) is -6.69. The van der Waals surface area contributed by atoms with Crippen molar-refractivity contribution in [3.8, 4) is 0 Å². The molecule has 7 nitrogen and oxygen atoms in total. The lowest BCUT2D eigenvalue weighted by Crippen LogP contribution is -2.19. The summed E-state index contributed by atoms with van der Waals surface area (Å²) < 4.78 is 46.4. The molecule has 0 fully saturated rings. The van der Waals surface area contributed by atoms with E-state index in [-0.39, 0.29) is 11.4 Å². The highest BCUT2D eigenvalue weighted by Crippen LogP contribution is 2.63. The highest BCUT2D eigenvalue weighted by Gasteiger charge is 2.37. The molecule has 2 unspecified atom stereocenters. The molecule has 0 bridgehead atoms. The zero-order valence-electron chi connectivity index (χ0n) is 17.8. The van der Waals surface area contributed by atoms with Crippen LogP contribution in [0.15, 0.2) is 0 Å². The smallest absolute Gasteiger partial charge is 0.342 e. The largest absolute Gasteiger partial charge is 0.412 e. The number of hydrogen-bond acceptors (Lipinski definition) is 6. The van der Waals surface area contributed by atoms with Crippen molar-refractivity contribution >= 4 is 31.3 Å². The zero-order valence-corrected chi connectivity index (χ0v) is 21.6. The van der Waals surface area contributed by atoms with Crippen molar-refractivity contribution in [2.75, 3.05) is 33.3 Å². The summed E-state index contributed by atoms with van der Waals surface area (Å²) in [5.41, 5.74) is 0. The van der Waals surface area contributed by atoms with Gasteiger partial charge in [-0.3, -0.25) is 9.13 Å². The molecule has 2 N–H and O–H groups in total. The van der Waals surface area contributed by atoms with Gasteiger partial charge in [0.25, 0.3) is 0 Å². The number of hydrogen-bond donors (Lipinski definition) is 0. The van der Waals surface area contributed by atoms with E-state index in [1.807, 2.05) is 0 Å². The molecule has 0 radical (unpaired) electrons. The lowest BCUT2D eigenvalue weighted by Gasteiger charge is -2.23. The van der Waals surface area contributed by atoms with Gasteiger partial charge in [0.05, 0.1) is 13.2 Å². The molecular weight excluding hydrogens is 410 g/mol. The fourth-order valence-corrected chi connectivity index (χ4v) is 8.84. The molecule has 11 heteroatoms. The Hall–Kier alpha value is 0.694. The van der Waals surface area contributed by atoms with E-state index < -0.39 is 31.3 Å². The molecular formula is C15H40O7P2Si2. The van der Waals surface area contributed by atoms with Gasteiger partial charge in [-0.2, -0.15) is 0 Å². The van der Waals surface area contributed by atoms with Crippen LogP contribution < -0.4 is 0 Å². The van der Waals surface area contributed by atoms with Gasteiger partial charge in [-0.1, -0.05) is 51.4 Å². The van der Waals surface area contributed by atoms with Gasteiger partial charge in [-0.15, -0.1) is 0 Å². The highest BCUT2D eigenvalue weighted by molar-refractivity contribution is 7.71. The maximum absolute atomic E-state index is 12.7. The van der Waals surface area contributed by atoms with Crippen LogP contribution in [0.1, 0.15) is 12.8 Å². The van der Waals surface area contributed by atoms with Crippen LogP contribution in [-0.2, 0) is 27.2 Å². The second-order valence-corrected chi connectivity index (χ2v) is 24.8. The predicted octanol–water partition coefficient (Wildman–Crippen LogP) is 5.29. The lowest BCUT2D eigenvalue weighted by molar-refractivity contribution is 0.220. The van der Waals surface area contributed by atoms with Crippen LogP contribution in [0.25, 0.3) is 0 Å². The van der Waals surface area contributed by atoms with Crippen molar-refractivity contribution in [1.82, 2.24) is 0 Å². The molecule has 0 aliphatic carbocycles. The van der Waals surface area contributed by atoms with Crippen LogP contribution >= 0.6 is 15.2 Å². The zero-order chi connectivity index (χ0) is 19.8. The van der Waals surface area contributed by atoms with Gasteiger partial charge in [0.15, 0.2) is 5.90 Å². The first-order chi connectivity index (χ1) is 11.2. The summed E-state index contributed by atoms with van der Waals surface area (Å²) in [6, 6.07) is 2.15. The fourth-order valence-electron chi connectivity index (χ4n) is 2.13. The molecule has 0 aromatic carbocycles. The first-order valence-electron chi connectivity index (χ1n) is 8.83. The van der Waals surface area contributed by atoms with E-state index in [0.29, 0.717) is 13.2 Å². The SMILES string of the molecule is COP(=O)(CP(=O)(OC)OCCC[Si](C)(C)C)OCCC[Si](C)(C)C.O. The van der Waals surface area contributed by atoms with Crippen molar-refractivity contribution in [1.29, 1.82) is 0 Å². The second kappa shape index (κ2) is 12.3. The van der Waals surface area contributed by atoms with Crippen LogP contribution in [0, 0.1) is 0 Å². The van der Waals surface area contributed by atoms with Gasteiger partial charge in [-0.05, 0) is 12.8 Å². The second-order valence-electron chi connectivity index (χ2n) is 8.72. The van der Waals surface area contributed by atoms with Gasteiger partial charge in [0.1, 0.15) is 0 Å². The Labute approximate surface area is 161 Å². The van der Waals surface area contributed by atoms with E-state index in [1.54, 1.807) is 0 Å². The van der Waals surface area contributed by atoms with Crippen LogP contribution in [-0.4, -0.2) is 55.0 Å². The first-order valence-corrected chi connectivity index (χ1v) is 19.7. The predicted molar refractivity (Wildman–Crippen MR) is 115 cm³/mol. The van der Waals surface area contributed by atoms with Crippen molar-refractivity contribution in [2.24, 2.45) is 0 Å². The van der Waals surface area contributed by atoms with Gasteiger partial charge in [0.2, 0.25) is 0 Å². The Kier molecular flexibility index (Phi) is 13.7. The van der Waals surface area contributed by atoms with Gasteiger partial charge >= 0.3 is 15.2 Å². The summed E-state index contributed by atoms with van der Waals surface area (Å²) in [5, 5.41) is 0. The molecule has 2 atom stereocenters. The van der Waals surface area contributed by atoms with E-state index >= 15 is 0 Å². The maximum Gasteiger partial charge on any atom is 0.342 e. The van der Waals surface area contributed by atoms with Crippen molar-refractivity contribution < 1.29 is 32.7 Å². The highest BCUT2D eigenvalue weighted by atomic mass is 31.2. The monoisotopic (exact) mass is 450 g/mol. The fraction of sp³-hybridized carbons (Fsp3) is 1.00. The molecule has 0 rings (SSSR count). The maximum atomic E-state index is 12.7. The summed E-state index contributed by atoms with van der Waals surface area (Å²) in [6.07, 6.45) is 1.63. The summed E-state index contributed by atoms with van der Waals surface area (Å²) in [6.45, 7) is 14.3. The van der Waals surface area contributed by atoms with Gasteiger partial charge < -0.3 is 23.6 Å². The van der Waals surface area contributed by atoms with Gasteiger partial charge in [0, 0.05) is 30.4 Å². The van der Waals surface area contributed by atoms with Crippen LogP contribution in [0.4, 0.5) is 0 Å². The van der Waals surface area contributed by atoms with Gasteiger partial charge in [-0.25, -0.2) is 0 Å². The van der Waals surface area contributed by atoms with E-state index in [9.17, 15) is 9.13 Å². The normalized spacial score (nSPS) is 17.2. The Bertz CT molecular complexity index is 434. The van der Waals surface area contributed by atoms with E-state index in [2.05, 4.69) is 39.3 Å². The Balaban J connectivity index is 0. The van der Waals surface area contributed by atoms with Crippen molar-refractivity contribution in [2.45, 2.75) is 64.2 Å². The number of rotatable bonds is 14. The molecule has 0 aromatic heterocycles. The lowest BCUT2D eigenvalue weighted by atomic mass is 10.5. The third-order valence-corrected chi connectivity index (χ3v) is 12.4. The molecule has 0 aliphatic rings. The Morgan fingerprint density at radius 2 is 1.00 bits per heavy atom. The average molecular weight is 451 g/mol. The molecule has 160 valence electrons. The molecule has 0 spiro atoms. The Morgan fingerprint density at radius 1 is 0.692 bits per heavy atom. The minimum absolute atomic E-state index is 0. The third kappa shape index (κ3) is 14.7. The summed E-state index contributed by atoms with van der Waals surface area (Å²) >= 11 is 0. The summed E-state index contributed by atoms with van der Waals surface area (Å²) in [4.78, 5) is 0. The molecule has 0 saturated carbocycles. The van der Waals surface area contributed by atoms with Crippen LogP contribution in [0.5, 0.6) is 0 Å². The minimum atomic E-state index is -3.49. The third-order valence-electron chi connectivity index (χ3n) is 3.62. The van der Waals surface area contributed by atoms with Crippen LogP contribution in [0.3, 0.4) is 0 Å². The molecule has 0 aromatic rings. The minimum Gasteiger partial charge on any atom is -0.412 e. The van der Waals surface area contributed by atoms with E-state index in [0.717, 1.165) is 24.9 Å².